The van der Waals surface area contributed by atoms with Crippen LogP contribution in [0.2, 0.25) is 0 Å². The molecule has 0 atom stereocenters. The molecule has 0 aliphatic rings. The van der Waals surface area contributed by atoms with Crippen molar-refractivity contribution in [3.05, 3.63) is 52.5 Å². The summed E-state index contributed by atoms with van der Waals surface area (Å²) in [6.07, 6.45) is 0. The highest BCUT2D eigenvalue weighted by Gasteiger charge is 2.08. The average Bonchev–Trinajstić information content (AvgIpc) is 2.48. The van der Waals surface area contributed by atoms with Crippen molar-refractivity contribution in [2.45, 2.75) is 6.92 Å². The molecule has 5 nitrogen and oxygen atoms in total. The molecular weight excluding hydrogens is 380 g/mol. The van der Waals surface area contributed by atoms with Crippen molar-refractivity contribution in [1.82, 2.24) is 5.32 Å². The lowest BCUT2D eigenvalue weighted by molar-refractivity contribution is -0.121. The van der Waals surface area contributed by atoms with Crippen molar-refractivity contribution in [2.75, 3.05) is 11.9 Å². The zero-order valence-electron chi connectivity index (χ0n) is 12.3. The SMILES string of the molecule is Cc1cc(Br)ccc1OCC(=O)NC(=S)Nc1ccccc1O. The van der Waals surface area contributed by atoms with Gasteiger partial charge in [0.15, 0.2) is 11.7 Å². The molecule has 0 radical (unpaired) electrons. The highest BCUT2D eigenvalue weighted by atomic mass is 79.9. The first-order chi connectivity index (χ1) is 11.0. The summed E-state index contributed by atoms with van der Waals surface area (Å²) >= 11 is 8.40. The summed E-state index contributed by atoms with van der Waals surface area (Å²) in [6, 6.07) is 12.1. The molecule has 0 heterocycles. The van der Waals surface area contributed by atoms with E-state index in [0.717, 1.165) is 10.0 Å². The Bertz CT molecular complexity index is 737. The first-order valence-electron chi connectivity index (χ1n) is 6.73. The molecule has 0 saturated heterocycles. The highest BCUT2D eigenvalue weighted by Crippen LogP contribution is 2.22. The first-order valence-corrected chi connectivity index (χ1v) is 7.93. The fraction of sp³-hybridized carbons (Fsp3) is 0.125. The number of para-hydroxylation sites is 2. The van der Waals surface area contributed by atoms with Gasteiger partial charge in [0.1, 0.15) is 11.5 Å². The Morgan fingerprint density at radius 2 is 2.04 bits per heavy atom. The van der Waals surface area contributed by atoms with Gasteiger partial charge < -0.3 is 15.2 Å². The maximum Gasteiger partial charge on any atom is 0.264 e. The Hall–Kier alpha value is -2.12. The van der Waals surface area contributed by atoms with Crippen LogP contribution in [0.1, 0.15) is 5.56 Å². The molecule has 2 aromatic carbocycles. The third-order valence-electron chi connectivity index (χ3n) is 2.90. The molecule has 0 spiro atoms. The molecule has 2 rings (SSSR count). The molecule has 1 amide bonds. The molecule has 120 valence electrons. The molecule has 23 heavy (non-hydrogen) atoms. The standard InChI is InChI=1S/C16H15BrN2O3S/c1-10-8-11(17)6-7-14(10)22-9-15(21)19-16(23)18-12-4-2-3-5-13(12)20/h2-8,20H,9H2,1H3,(H2,18,19,21,23). The van der Waals surface area contributed by atoms with Crippen LogP contribution in [0.4, 0.5) is 5.69 Å². The van der Waals surface area contributed by atoms with Crippen LogP contribution in [0.5, 0.6) is 11.5 Å². The van der Waals surface area contributed by atoms with E-state index in [1.807, 2.05) is 19.1 Å². The lowest BCUT2D eigenvalue weighted by atomic mass is 10.2. The number of aromatic hydroxyl groups is 1. The van der Waals surface area contributed by atoms with E-state index < -0.39 is 0 Å². The number of phenols is 1. The highest BCUT2D eigenvalue weighted by molar-refractivity contribution is 9.10. The van der Waals surface area contributed by atoms with E-state index >= 15 is 0 Å². The number of nitrogens with one attached hydrogen (secondary N) is 2. The van der Waals surface area contributed by atoms with Gasteiger partial charge in [-0.15, -0.1) is 0 Å². The number of aryl methyl sites for hydroxylation is 1. The second-order valence-corrected chi connectivity index (χ2v) is 6.04. The van der Waals surface area contributed by atoms with Gasteiger partial charge in [-0.05, 0) is 55.0 Å². The second-order valence-electron chi connectivity index (χ2n) is 4.72. The van der Waals surface area contributed by atoms with Crippen molar-refractivity contribution in [3.63, 3.8) is 0 Å². The fourth-order valence-electron chi connectivity index (χ4n) is 1.81. The van der Waals surface area contributed by atoms with Crippen molar-refractivity contribution in [1.29, 1.82) is 0 Å². The number of halogens is 1. The Morgan fingerprint density at radius 1 is 1.30 bits per heavy atom. The minimum absolute atomic E-state index is 0.0471. The van der Waals surface area contributed by atoms with Crippen LogP contribution < -0.4 is 15.4 Å². The number of hydrogen-bond acceptors (Lipinski definition) is 4. The molecule has 0 fully saturated rings. The average molecular weight is 395 g/mol. The zero-order valence-corrected chi connectivity index (χ0v) is 14.7. The van der Waals surface area contributed by atoms with Gasteiger partial charge in [0.05, 0.1) is 5.69 Å². The van der Waals surface area contributed by atoms with Crippen LogP contribution in [0.15, 0.2) is 46.9 Å². The lowest BCUT2D eigenvalue weighted by Gasteiger charge is -2.12. The third-order valence-corrected chi connectivity index (χ3v) is 3.60. The molecule has 0 aliphatic carbocycles. The minimum Gasteiger partial charge on any atom is -0.506 e. The second kappa shape index (κ2) is 7.94. The first kappa shape index (κ1) is 17.2. The van der Waals surface area contributed by atoms with Gasteiger partial charge in [0.25, 0.3) is 5.91 Å². The van der Waals surface area contributed by atoms with E-state index in [-0.39, 0.29) is 23.4 Å². The molecule has 0 aromatic heterocycles. The van der Waals surface area contributed by atoms with Crippen molar-refractivity contribution < 1.29 is 14.6 Å². The maximum absolute atomic E-state index is 11.8. The summed E-state index contributed by atoms with van der Waals surface area (Å²) in [7, 11) is 0. The Balaban J connectivity index is 1.85. The predicted molar refractivity (Wildman–Crippen MR) is 96.8 cm³/mol. The summed E-state index contributed by atoms with van der Waals surface area (Å²) in [4.78, 5) is 11.8. The van der Waals surface area contributed by atoms with Gasteiger partial charge in [-0.2, -0.15) is 0 Å². The van der Waals surface area contributed by atoms with Gasteiger partial charge >= 0.3 is 0 Å². The monoisotopic (exact) mass is 394 g/mol. The van der Waals surface area contributed by atoms with Gasteiger partial charge in [-0.3, -0.25) is 10.1 Å². The molecule has 0 bridgehead atoms. The summed E-state index contributed by atoms with van der Waals surface area (Å²) in [6.45, 7) is 1.73. The molecular formula is C16H15BrN2O3S. The van der Waals surface area contributed by atoms with Gasteiger partial charge in [0, 0.05) is 4.47 Å². The minimum atomic E-state index is -0.389. The molecule has 3 N–H and O–H groups in total. The quantitative estimate of drug-likeness (QED) is 0.547. The van der Waals surface area contributed by atoms with E-state index in [2.05, 4.69) is 26.6 Å². The number of anilines is 1. The summed E-state index contributed by atoms with van der Waals surface area (Å²) in [5.41, 5.74) is 1.34. The number of rotatable bonds is 4. The van der Waals surface area contributed by atoms with E-state index in [9.17, 15) is 9.90 Å². The smallest absolute Gasteiger partial charge is 0.264 e. The Labute approximate surface area is 147 Å². The van der Waals surface area contributed by atoms with Crippen molar-refractivity contribution in [3.8, 4) is 11.5 Å². The van der Waals surface area contributed by atoms with Crippen molar-refractivity contribution >= 4 is 44.9 Å². The van der Waals surface area contributed by atoms with Crippen molar-refractivity contribution in [2.24, 2.45) is 0 Å². The largest absolute Gasteiger partial charge is 0.506 e. The third kappa shape index (κ3) is 5.22. The van der Waals surface area contributed by atoms with Crippen LogP contribution in [-0.4, -0.2) is 22.7 Å². The van der Waals surface area contributed by atoms with Gasteiger partial charge in [0.2, 0.25) is 0 Å². The number of benzene rings is 2. The lowest BCUT2D eigenvalue weighted by Crippen LogP contribution is -2.37. The predicted octanol–water partition coefficient (Wildman–Crippen LogP) is 3.36. The Kier molecular flexibility index (Phi) is 5.95. The number of carbonyl (C=O) groups excluding carboxylic acids is 1. The molecule has 0 saturated carbocycles. The normalized spacial score (nSPS) is 10.0. The molecule has 2 aromatic rings. The summed E-state index contributed by atoms with van der Waals surface area (Å²) in [5.74, 6) is 0.286. The van der Waals surface area contributed by atoms with E-state index in [4.69, 9.17) is 17.0 Å². The number of ether oxygens (including phenoxy) is 1. The zero-order chi connectivity index (χ0) is 16.8. The van der Waals surface area contributed by atoms with Crippen LogP contribution in [0, 0.1) is 6.92 Å². The fourth-order valence-corrected chi connectivity index (χ4v) is 2.51. The van der Waals surface area contributed by atoms with E-state index in [1.165, 1.54) is 6.07 Å². The Morgan fingerprint density at radius 3 is 2.74 bits per heavy atom. The molecule has 0 aliphatic heterocycles. The van der Waals surface area contributed by atoms with Crippen LogP contribution in [0.3, 0.4) is 0 Å². The summed E-state index contributed by atoms with van der Waals surface area (Å²) < 4.78 is 6.40. The number of hydrogen-bond donors (Lipinski definition) is 3. The number of carbonyl (C=O) groups is 1. The van der Waals surface area contributed by atoms with Crippen LogP contribution >= 0.6 is 28.1 Å². The summed E-state index contributed by atoms with van der Waals surface area (Å²) in [5, 5.41) is 15.0. The van der Waals surface area contributed by atoms with Gasteiger partial charge in [-0.25, -0.2) is 0 Å². The van der Waals surface area contributed by atoms with E-state index in [0.29, 0.717) is 11.4 Å². The molecule has 7 heteroatoms. The molecule has 0 unspecified atom stereocenters. The van der Waals surface area contributed by atoms with E-state index in [1.54, 1.807) is 24.3 Å². The van der Waals surface area contributed by atoms with Crippen LogP contribution in [0.25, 0.3) is 0 Å². The topological polar surface area (TPSA) is 70.6 Å². The van der Waals surface area contributed by atoms with Crippen LogP contribution in [-0.2, 0) is 4.79 Å². The maximum atomic E-state index is 11.8. The van der Waals surface area contributed by atoms with Gasteiger partial charge in [-0.1, -0.05) is 28.1 Å². The number of amides is 1. The number of phenolic OH excluding ortho intramolecular Hbond substituents is 1. The number of thiocarbonyl (C=S) groups is 1.